The molecular formula is C19H21BN6O3S. The van der Waals surface area contributed by atoms with E-state index >= 15 is 0 Å². The summed E-state index contributed by atoms with van der Waals surface area (Å²) in [6.45, 7) is 6.17. The first-order valence-electron chi connectivity index (χ1n) is 9.91. The first-order chi connectivity index (χ1) is 14.7. The number of rotatable bonds is 5. The number of fused-ring (bicyclic) bond motifs is 2. The maximum absolute atomic E-state index is 9.78. The van der Waals surface area contributed by atoms with Crippen LogP contribution in [-0.2, 0) is 16.0 Å². The molecule has 154 valence electrons. The second-order valence-electron chi connectivity index (χ2n) is 7.03. The van der Waals surface area contributed by atoms with Crippen molar-refractivity contribution >= 4 is 51.4 Å². The van der Waals surface area contributed by atoms with Crippen molar-refractivity contribution in [2.75, 3.05) is 42.8 Å². The molecule has 9 nitrogen and oxygen atoms in total. The Morgan fingerprint density at radius 3 is 3.03 bits per heavy atom. The predicted octanol–water partition coefficient (Wildman–Crippen LogP) is 1.00. The van der Waals surface area contributed by atoms with E-state index in [1.165, 1.54) is 6.33 Å². The van der Waals surface area contributed by atoms with E-state index in [0.29, 0.717) is 32.0 Å². The lowest BCUT2D eigenvalue weighted by Crippen LogP contribution is -2.36. The van der Waals surface area contributed by atoms with Gasteiger partial charge in [-0.2, -0.15) is 10.1 Å². The molecule has 2 aliphatic rings. The lowest BCUT2D eigenvalue weighted by Gasteiger charge is -2.25. The van der Waals surface area contributed by atoms with Gasteiger partial charge in [-0.05, 0) is 29.6 Å². The molecule has 30 heavy (non-hydrogen) atoms. The van der Waals surface area contributed by atoms with Gasteiger partial charge in [0.15, 0.2) is 16.6 Å². The van der Waals surface area contributed by atoms with Crippen LogP contribution in [0, 0.1) is 0 Å². The van der Waals surface area contributed by atoms with Gasteiger partial charge in [0.1, 0.15) is 11.0 Å². The lowest BCUT2D eigenvalue weighted by molar-refractivity contribution is 0.122. The molecule has 0 atom stereocenters. The number of anilines is 2. The van der Waals surface area contributed by atoms with Crippen LogP contribution in [0.2, 0.25) is 0 Å². The van der Waals surface area contributed by atoms with Gasteiger partial charge in [-0.15, -0.1) is 0 Å². The van der Waals surface area contributed by atoms with Gasteiger partial charge in [0.05, 0.1) is 26.0 Å². The summed E-state index contributed by atoms with van der Waals surface area (Å²) in [5.41, 5.74) is 3.42. The van der Waals surface area contributed by atoms with Crippen LogP contribution in [-0.4, -0.2) is 66.2 Å². The van der Waals surface area contributed by atoms with Gasteiger partial charge in [0.2, 0.25) is 0 Å². The number of hydrazone groups is 1. The van der Waals surface area contributed by atoms with Gasteiger partial charge < -0.3 is 19.3 Å². The van der Waals surface area contributed by atoms with E-state index in [4.69, 9.17) is 14.4 Å². The molecule has 0 amide bonds. The Morgan fingerprint density at radius 1 is 1.33 bits per heavy atom. The topological polar surface area (TPSA) is 96.2 Å². The van der Waals surface area contributed by atoms with E-state index < -0.39 is 7.12 Å². The van der Waals surface area contributed by atoms with Crippen molar-refractivity contribution in [2.45, 2.75) is 13.5 Å². The number of benzene rings is 1. The first kappa shape index (κ1) is 19.4. The van der Waals surface area contributed by atoms with E-state index in [9.17, 15) is 5.02 Å². The third-order valence-corrected chi connectivity index (χ3v) is 6.26. The smallest absolute Gasteiger partial charge is 0.423 e. The van der Waals surface area contributed by atoms with E-state index in [1.807, 2.05) is 30.1 Å². The molecule has 11 heteroatoms. The summed E-state index contributed by atoms with van der Waals surface area (Å²) in [6.07, 6.45) is 3.33. The zero-order valence-corrected chi connectivity index (χ0v) is 17.4. The van der Waals surface area contributed by atoms with Gasteiger partial charge in [-0.1, -0.05) is 23.5 Å². The standard InChI is InChI=1S/C19H21BN6O3S/c1-2-26(23-10-13-3-4-15-14(9-13)11-29-20(15)27)18-16-17(21-12-22-18)24-19(30-16)25-5-7-28-8-6-25/h3-4,9-10,12,27H,2,5-8,11H2,1H3/b23-10+. The van der Waals surface area contributed by atoms with E-state index in [0.717, 1.165) is 45.3 Å². The highest BCUT2D eigenvalue weighted by Gasteiger charge is 2.27. The van der Waals surface area contributed by atoms with Gasteiger partial charge >= 0.3 is 7.12 Å². The molecule has 0 radical (unpaired) electrons. The summed E-state index contributed by atoms with van der Waals surface area (Å²) in [5, 5.41) is 17.2. The van der Waals surface area contributed by atoms with Gasteiger partial charge in [0.25, 0.3) is 0 Å². The van der Waals surface area contributed by atoms with Crippen molar-refractivity contribution in [1.82, 2.24) is 15.0 Å². The van der Waals surface area contributed by atoms with Crippen LogP contribution >= 0.6 is 11.3 Å². The highest BCUT2D eigenvalue weighted by Crippen LogP contribution is 2.33. The summed E-state index contributed by atoms with van der Waals surface area (Å²) in [4.78, 5) is 15.8. The fraction of sp³-hybridized carbons (Fsp3) is 0.368. The number of ether oxygens (including phenoxy) is 1. The summed E-state index contributed by atoms with van der Waals surface area (Å²) in [7, 11) is -0.834. The third-order valence-electron chi connectivity index (χ3n) is 5.16. The number of hydrogen-bond acceptors (Lipinski definition) is 10. The molecule has 1 saturated heterocycles. The molecule has 1 fully saturated rings. The highest BCUT2D eigenvalue weighted by molar-refractivity contribution is 7.22. The van der Waals surface area contributed by atoms with Crippen molar-refractivity contribution in [1.29, 1.82) is 0 Å². The molecule has 2 aromatic heterocycles. The molecule has 1 aromatic carbocycles. The van der Waals surface area contributed by atoms with Crippen molar-refractivity contribution in [3.63, 3.8) is 0 Å². The molecule has 0 bridgehead atoms. The molecule has 0 unspecified atom stereocenters. The number of aromatic nitrogens is 3. The van der Waals surface area contributed by atoms with Gasteiger partial charge in [-0.25, -0.2) is 15.0 Å². The van der Waals surface area contributed by atoms with Crippen molar-refractivity contribution in [2.24, 2.45) is 5.10 Å². The molecule has 3 aromatic rings. The molecule has 1 N–H and O–H groups in total. The molecule has 4 heterocycles. The molecule has 0 saturated carbocycles. The summed E-state index contributed by atoms with van der Waals surface area (Å²) >= 11 is 1.59. The third kappa shape index (κ3) is 3.65. The Bertz CT molecular complexity index is 1090. The van der Waals surface area contributed by atoms with Crippen LogP contribution in [0.5, 0.6) is 0 Å². The van der Waals surface area contributed by atoms with Crippen molar-refractivity contribution in [3.05, 3.63) is 35.7 Å². The van der Waals surface area contributed by atoms with Crippen LogP contribution in [0.25, 0.3) is 10.3 Å². The van der Waals surface area contributed by atoms with E-state index in [1.54, 1.807) is 17.6 Å². The van der Waals surface area contributed by atoms with Crippen LogP contribution < -0.4 is 15.4 Å². The zero-order valence-electron chi connectivity index (χ0n) is 16.6. The summed E-state index contributed by atoms with van der Waals surface area (Å²) in [6, 6.07) is 5.79. The summed E-state index contributed by atoms with van der Waals surface area (Å²) < 4.78 is 11.6. The normalized spacial score (nSPS) is 16.6. The van der Waals surface area contributed by atoms with Crippen LogP contribution in [0.1, 0.15) is 18.1 Å². The molecule has 0 spiro atoms. The highest BCUT2D eigenvalue weighted by atomic mass is 32.1. The number of nitrogens with zero attached hydrogens (tertiary/aromatic N) is 6. The van der Waals surface area contributed by atoms with Gasteiger partial charge in [-0.3, -0.25) is 0 Å². The zero-order chi connectivity index (χ0) is 20.5. The lowest BCUT2D eigenvalue weighted by atomic mass is 9.79. The monoisotopic (exact) mass is 424 g/mol. The summed E-state index contributed by atoms with van der Waals surface area (Å²) in [5.74, 6) is 0.746. The average Bonchev–Trinajstić information content (AvgIpc) is 3.39. The number of morpholine rings is 1. The molecular weight excluding hydrogens is 403 g/mol. The maximum atomic E-state index is 9.78. The minimum atomic E-state index is -0.834. The minimum absolute atomic E-state index is 0.410. The Morgan fingerprint density at radius 2 is 2.20 bits per heavy atom. The van der Waals surface area contributed by atoms with E-state index in [-0.39, 0.29) is 0 Å². The predicted molar refractivity (Wildman–Crippen MR) is 118 cm³/mol. The first-order valence-corrected chi connectivity index (χ1v) is 10.7. The molecule has 0 aliphatic carbocycles. The second-order valence-corrected chi connectivity index (χ2v) is 8.01. The molecule has 5 rings (SSSR count). The fourth-order valence-electron chi connectivity index (χ4n) is 3.56. The van der Waals surface area contributed by atoms with Gasteiger partial charge in [0, 0.05) is 19.6 Å². The van der Waals surface area contributed by atoms with Crippen LogP contribution in [0.15, 0.2) is 29.6 Å². The SMILES string of the molecule is CCN(/N=C/c1ccc2c(c1)COB2O)c1ncnc2nc(N3CCOCC3)sc12. The van der Waals surface area contributed by atoms with Crippen LogP contribution in [0.4, 0.5) is 10.9 Å². The van der Waals surface area contributed by atoms with E-state index in [2.05, 4.69) is 20.0 Å². The Hall–Kier alpha value is -2.60. The number of hydrogen-bond donors (Lipinski definition) is 1. The molecule has 2 aliphatic heterocycles. The Balaban J connectivity index is 1.43. The van der Waals surface area contributed by atoms with Crippen LogP contribution in [0.3, 0.4) is 0 Å². The van der Waals surface area contributed by atoms with Crippen molar-refractivity contribution in [3.8, 4) is 0 Å². The Labute approximate surface area is 178 Å². The quantitative estimate of drug-likeness (QED) is 0.368. The van der Waals surface area contributed by atoms with Crippen molar-refractivity contribution < 1.29 is 14.4 Å². The number of thiazole rings is 1. The largest absolute Gasteiger partial charge is 0.491 e. The fourth-order valence-corrected chi connectivity index (χ4v) is 4.62. The second kappa shape index (κ2) is 8.27. The Kier molecular flexibility index (Phi) is 5.34. The minimum Gasteiger partial charge on any atom is -0.423 e. The average molecular weight is 424 g/mol. The maximum Gasteiger partial charge on any atom is 0.491 e.